The molecule has 7 nitrogen and oxygen atoms in total. The molecule has 1 aromatic carbocycles. The van der Waals surface area contributed by atoms with Crippen LogP contribution in [0.4, 0.5) is 0 Å². The van der Waals surface area contributed by atoms with Crippen molar-refractivity contribution in [1.82, 2.24) is 5.32 Å². The van der Waals surface area contributed by atoms with Crippen LogP contribution in [0.3, 0.4) is 0 Å². The maximum absolute atomic E-state index is 13.0. The Labute approximate surface area is 206 Å². The van der Waals surface area contributed by atoms with Gasteiger partial charge in [-0.05, 0) is 48.8 Å². The summed E-state index contributed by atoms with van der Waals surface area (Å²) in [5.41, 5.74) is 5.96. The molecule has 7 heteroatoms. The monoisotopic (exact) mass is 478 g/mol. The van der Waals surface area contributed by atoms with Gasteiger partial charge in [0.05, 0.1) is 25.7 Å². The number of carbonyl (C=O) groups is 2. The second-order valence-corrected chi connectivity index (χ2v) is 9.59. The summed E-state index contributed by atoms with van der Waals surface area (Å²) in [6.07, 6.45) is 6.78. The Morgan fingerprint density at radius 1 is 0.941 bits per heavy atom. The summed E-state index contributed by atoms with van der Waals surface area (Å²) >= 11 is 0. The molecule has 0 aromatic heterocycles. The molecule has 0 saturated carbocycles. The number of carbonyl (C=O) groups excluding carboxylic acids is 2. The van der Waals surface area contributed by atoms with Crippen LogP contribution >= 0.6 is 0 Å². The summed E-state index contributed by atoms with van der Waals surface area (Å²) < 4.78 is 16.4. The van der Waals surface area contributed by atoms with Crippen molar-refractivity contribution in [2.45, 2.75) is 72.6 Å². The van der Waals surface area contributed by atoms with Gasteiger partial charge >= 0.3 is 0 Å². The number of amides is 2. The van der Waals surface area contributed by atoms with E-state index >= 15 is 0 Å². The first-order valence-corrected chi connectivity index (χ1v) is 12.5. The minimum absolute atomic E-state index is 0.0624. The first-order valence-electron chi connectivity index (χ1n) is 12.5. The van der Waals surface area contributed by atoms with E-state index in [1.807, 2.05) is 6.07 Å². The summed E-state index contributed by atoms with van der Waals surface area (Å²) in [6.45, 7) is 9.49. The summed E-state index contributed by atoms with van der Waals surface area (Å²) in [5, 5.41) is 2.75. The molecule has 0 atom stereocenters. The van der Waals surface area contributed by atoms with Crippen LogP contribution < -0.4 is 20.5 Å². The van der Waals surface area contributed by atoms with Crippen LogP contribution in [-0.4, -0.2) is 45.8 Å². The molecule has 0 radical (unpaired) electrons. The number of aryl methyl sites for hydroxylation is 1. The Hall–Kier alpha value is -2.28. The third-order valence-corrected chi connectivity index (χ3v) is 6.69. The normalized spacial score (nSPS) is 11.6. The van der Waals surface area contributed by atoms with Crippen molar-refractivity contribution >= 4 is 11.8 Å². The molecule has 0 bridgehead atoms. The molecule has 0 aliphatic rings. The van der Waals surface area contributed by atoms with Crippen LogP contribution in [0.5, 0.6) is 11.5 Å². The smallest absolute Gasteiger partial charge is 0.236 e. The van der Waals surface area contributed by atoms with E-state index in [0.29, 0.717) is 13.2 Å². The van der Waals surface area contributed by atoms with Crippen molar-refractivity contribution in [3.05, 3.63) is 23.8 Å². The largest absolute Gasteiger partial charge is 0.493 e. The Morgan fingerprint density at radius 3 is 2.21 bits per heavy atom. The van der Waals surface area contributed by atoms with E-state index in [0.717, 1.165) is 56.4 Å². The molecule has 3 N–H and O–H groups in total. The zero-order valence-electron chi connectivity index (χ0n) is 22.1. The molecule has 0 aliphatic heterocycles. The molecule has 0 saturated heterocycles. The van der Waals surface area contributed by atoms with Gasteiger partial charge in [-0.25, -0.2) is 0 Å². The third-order valence-electron chi connectivity index (χ3n) is 6.69. The Morgan fingerprint density at radius 2 is 1.62 bits per heavy atom. The van der Waals surface area contributed by atoms with Gasteiger partial charge in [0.2, 0.25) is 11.8 Å². The molecular weight excluding hydrogens is 432 g/mol. The number of benzene rings is 1. The molecule has 0 spiro atoms. The minimum atomic E-state index is -0.517. The van der Waals surface area contributed by atoms with Crippen molar-refractivity contribution in [3.63, 3.8) is 0 Å². The van der Waals surface area contributed by atoms with Gasteiger partial charge in [-0.2, -0.15) is 0 Å². The van der Waals surface area contributed by atoms with E-state index in [1.54, 1.807) is 14.2 Å². The highest BCUT2D eigenvalue weighted by atomic mass is 16.5. The minimum Gasteiger partial charge on any atom is -0.493 e. The van der Waals surface area contributed by atoms with Crippen molar-refractivity contribution in [2.75, 3.05) is 34.0 Å². The van der Waals surface area contributed by atoms with Crippen LogP contribution in [0.25, 0.3) is 0 Å². The predicted molar refractivity (Wildman–Crippen MR) is 136 cm³/mol. The van der Waals surface area contributed by atoms with E-state index in [1.165, 1.54) is 5.56 Å². The van der Waals surface area contributed by atoms with Gasteiger partial charge in [0, 0.05) is 20.1 Å². The number of primary amides is 1. The first-order chi connectivity index (χ1) is 16.2. The van der Waals surface area contributed by atoms with Gasteiger partial charge in [0.25, 0.3) is 0 Å². The number of rotatable bonds is 18. The summed E-state index contributed by atoms with van der Waals surface area (Å²) in [5.74, 6) is 1.28. The van der Waals surface area contributed by atoms with Crippen LogP contribution in [0.1, 0.15) is 71.8 Å². The fraction of sp³-hybridized carbons (Fsp3) is 0.704. The topological polar surface area (TPSA) is 99.9 Å². The van der Waals surface area contributed by atoms with Crippen LogP contribution in [0.15, 0.2) is 18.2 Å². The van der Waals surface area contributed by atoms with Crippen molar-refractivity contribution in [2.24, 2.45) is 23.0 Å². The molecule has 2 amide bonds. The maximum Gasteiger partial charge on any atom is 0.236 e. The number of hydrogen-bond donors (Lipinski definition) is 2. The van der Waals surface area contributed by atoms with Crippen molar-refractivity contribution in [1.29, 1.82) is 0 Å². The van der Waals surface area contributed by atoms with Gasteiger partial charge in [0.1, 0.15) is 0 Å². The maximum atomic E-state index is 13.0. The highest BCUT2D eigenvalue weighted by Gasteiger charge is 2.43. The molecule has 0 aliphatic carbocycles. The van der Waals surface area contributed by atoms with E-state index in [-0.39, 0.29) is 24.3 Å². The van der Waals surface area contributed by atoms with Gasteiger partial charge in [0.15, 0.2) is 11.5 Å². The van der Waals surface area contributed by atoms with Gasteiger partial charge < -0.3 is 25.3 Å². The summed E-state index contributed by atoms with van der Waals surface area (Å²) in [6, 6.07) is 6.12. The molecule has 34 heavy (non-hydrogen) atoms. The zero-order chi connectivity index (χ0) is 25.6. The standard InChI is InChI=1S/C27H46N2O5/c1-20(2)27(21(3)4,26(31)29-19-25(28)30)15-10-8-7-9-12-22-13-14-23(33-6)24(18-22)34-17-11-16-32-5/h13-14,18,20-21H,7-12,15-17,19H2,1-6H3,(H2,28,30)(H,29,31). The molecule has 0 heterocycles. The molecule has 0 unspecified atom stereocenters. The van der Waals surface area contributed by atoms with E-state index in [9.17, 15) is 9.59 Å². The lowest BCUT2D eigenvalue weighted by atomic mass is 9.65. The fourth-order valence-corrected chi connectivity index (χ4v) is 4.69. The Balaban J connectivity index is 2.58. The molecule has 0 fully saturated rings. The van der Waals surface area contributed by atoms with Gasteiger partial charge in [-0.1, -0.05) is 53.0 Å². The highest BCUT2D eigenvalue weighted by molar-refractivity contribution is 5.87. The second kappa shape index (κ2) is 15.6. The molecular formula is C27H46N2O5. The van der Waals surface area contributed by atoms with Gasteiger partial charge in [-0.15, -0.1) is 0 Å². The van der Waals surface area contributed by atoms with Crippen molar-refractivity contribution in [3.8, 4) is 11.5 Å². The average Bonchev–Trinajstić information content (AvgIpc) is 2.79. The first kappa shape index (κ1) is 29.8. The van der Waals surface area contributed by atoms with E-state index in [4.69, 9.17) is 19.9 Å². The highest BCUT2D eigenvalue weighted by Crippen LogP contribution is 2.41. The average molecular weight is 479 g/mol. The van der Waals surface area contributed by atoms with Crippen LogP contribution in [0.2, 0.25) is 0 Å². The number of nitrogens with one attached hydrogen (secondary N) is 1. The lowest BCUT2D eigenvalue weighted by molar-refractivity contribution is -0.139. The summed E-state index contributed by atoms with van der Waals surface area (Å²) in [4.78, 5) is 24.1. The molecule has 1 aromatic rings. The molecule has 1 rings (SSSR count). The zero-order valence-corrected chi connectivity index (χ0v) is 22.1. The lowest BCUT2D eigenvalue weighted by Crippen LogP contribution is -2.50. The summed E-state index contributed by atoms with van der Waals surface area (Å²) in [7, 11) is 3.34. The Kier molecular flexibility index (Phi) is 13.6. The van der Waals surface area contributed by atoms with E-state index < -0.39 is 11.3 Å². The lowest BCUT2D eigenvalue weighted by Gasteiger charge is -2.40. The Bertz CT molecular complexity index is 741. The van der Waals surface area contributed by atoms with Crippen LogP contribution in [-0.2, 0) is 20.7 Å². The van der Waals surface area contributed by atoms with Crippen LogP contribution in [0, 0.1) is 17.3 Å². The van der Waals surface area contributed by atoms with E-state index in [2.05, 4.69) is 45.1 Å². The number of hydrogen-bond acceptors (Lipinski definition) is 5. The SMILES string of the molecule is COCCCOc1cc(CCCCCCC(C(=O)NCC(N)=O)(C(C)C)C(C)C)ccc1OC. The molecule has 194 valence electrons. The third kappa shape index (κ3) is 9.16. The number of ether oxygens (including phenoxy) is 3. The second-order valence-electron chi connectivity index (χ2n) is 9.59. The predicted octanol–water partition coefficient (Wildman–Crippen LogP) is 4.50. The van der Waals surface area contributed by atoms with Crippen molar-refractivity contribution < 1.29 is 23.8 Å². The fourth-order valence-electron chi connectivity index (χ4n) is 4.69. The quantitative estimate of drug-likeness (QED) is 0.303. The number of nitrogens with two attached hydrogens (primary N) is 1. The number of unbranched alkanes of at least 4 members (excludes halogenated alkanes) is 3. The van der Waals surface area contributed by atoms with Gasteiger partial charge in [-0.3, -0.25) is 9.59 Å². The number of methoxy groups -OCH3 is 2.